The van der Waals surface area contributed by atoms with Crippen molar-refractivity contribution in [2.75, 3.05) is 0 Å². The molecule has 0 spiro atoms. The fourth-order valence-electron chi connectivity index (χ4n) is 4.22. The standard InChI is InChI=1S/C26H30N2.2ClHO4/c1-21-15-17-23-11-5-7-13-25(23)27(21)19-9-3-4-10-20-28-22(2)16-18-24-12-6-8-14-26(24)28;2*2-1(3,4)5/h5-8,11-18H,3-4,9-10,19-20H2,1-2H3;2*(H,2,3,4,5)/q+2;;. The Kier molecular flexibility index (Phi) is 12.2. The van der Waals surface area contributed by atoms with E-state index in [1.54, 1.807) is 0 Å². The van der Waals surface area contributed by atoms with E-state index in [4.69, 9.17) is 37.3 Å². The summed E-state index contributed by atoms with van der Waals surface area (Å²) in [6, 6.07) is 26.3. The lowest BCUT2D eigenvalue weighted by Crippen LogP contribution is -2.58. The molecule has 0 aliphatic heterocycles. The minimum Gasteiger partial charge on any atom is -0.196 e. The number of rotatable bonds is 7. The van der Waals surface area contributed by atoms with Crippen molar-refractivity contribution in [3.63, 3.8) is 0 Å². The molecule has 0 unspecified atom stereocenters. The first kappa shape index (κ1) is 31.7. The monoisotopic (exact) mass is 570 g/mol. The lowest BCUT2D eigenvalue weighted by molar-refractivity contribution is -1.92. The maximum atomic E-state index is 8.60. The van der Waals surface area contributed by atoms with Crippen molar-refractivity contribution in [1.82, 2.24) is 0 Å². The van der Waals surface area contributed by atoms with E-state index in [1.807, 2.05) is 0 Å². The fraction of sp³-hybridized carbons (Fsp3) is 0.308. The lowest BCUT2D eigenvalue weighted by Gasteiger charge is -2.06. The number of para-hydroxylation sites is 2. The average molecular weight is 571 g/mol. The van der Waals surface area contributed by atoms with Gasteiger partial charge in [-0.2, -0.15) is 37.1 Å². The summed E-state index contributed by atoms with van der Waals surface area (Å²) in [7, 11) is -9.39. The van der Waals surface area contributed by atoms with Crippen LogP contribution in [0.1, 0.15) is 37.1 Å². The second-order valence-electron chi connectivity index (χ2n) is 8.58. The Bertz CT molecular complexity index is 1200. The van der Waals surface area contributed by atoms with Gasteiger partial charge in [0.15, 0.2) is 11.4 Å². The first-order chi connectivity index (χ1) is 17.7. The Morgan fingerprint density at radius 3 is 1.18 bits per heavy atom. The number of hydrogen-bond acceptors (Lipinski definition) is 8. The van der Waals surface area contributed by atoms with Gasteiger partial charge in [0.25, 0.3) is 0 Å². The van der Waals surface area contributed by atoms with Gasteiger partial charge in [-0.05, 0) is 37.1 Å². The molecular formula is C26H32Cl2N2O8+2. The molecule has 12 heteroatoms. The van der Waals surface area contributed by atoms with Crippen LogP contribution in [0.25, 0.3) is 21.8 Å². The van der Waals surface area contributed by atoms with Crippen LogP contribution >= 0.6 is 0 Å². The highest BCUT2D eigenvalue weighted by molar-refractivity contribution is 5.75. The van der Waals surface area contributed by atoms with Crippen LogP contribution in [0.4, 0.5) is 0 Å². The van der Waals surface area contributed by atoms with E-state index in [-0.39, 0.29) is 0 Å². The molecule has 2 aromatic heterocycles. The number of unbranched alkanes of at least 4 members (excludes halogenated alkanes) is 3. The summed E-state index contributed by atoms with van der Waals surface area (Å²) in [5.74, 6) is 0. The molecule has 4 aromatic rings. The largest absolute Gasteiger partial charge is 0.212 e. The molecular weight excluding hydrogens is 539 g/mol. The Morgan fingerprint density at radius 1 is 0.526 bits per heavy atom. The van der Waals surface area contributed by atoms with E-state index in [2.05, 4.69) is 95.8 Å². The minimum atomic E-state index is -4.69. The topological polar surface area (TPSA) is 187 Å². The van der Waals surface area contributed by atoms with Gasteiger partial charge < -0.3 is 0 Å². The van der Waals surface area contributed by atoms with Crippen molar-refractivity contribution in [2.24, 2.45) is 0 Å². The quantitative estimate of drug-likeness (QED) is 0.176. The summed E-state index contributed by atoms with van der Waals surface area (Å²) in [6.45, 7) is 6.64. The van der Waals surface area contributed by atoms with Crippen molar-refractivity contribution >= 4 is 21.8 Å². The third-order valence-electron chi connectivity index (χ3n) is 5.83. The summed E-state index contributed by atoms with van der Waals surface area (Å²) in [5.41, 5.74) is 5.40. The van der Waals surface area contributed by atoms with Gasteiger partial charge in [0, 0.05) is 61.7 Å². The summed E-state index contributed by atoms with van der Waals surface area (Å²) in [6.07, 6.45) is 5.03. The molecule has 2 aromatic carbocycles. The molecule has 0 aliphatic rings. The highest BCUT2D eigenvalue weighted by atomic mass is 35.7. The molecule has 206 valence electrons. The molecule has 0 bridgehead atoms. The first-order valence-electron chi connectivity index (χ1n) is 11.8. The summed E-state index contributed by atoms with van der Waals surface area (Å²) in [4.78, 5) is 0. The zero-order chi connectivity index (χ0) is 28.3. The molecule has 4 rings (SSSR count). The van der Waals surface area contributed by atoms with Gasteiger partial charge in [-0.25, -0.2) is 0 Å². The maximum Gasteiger partial charge on any atom is 0.212 e. The number of fused-ring (bicyclic) bond motifs is 2. The van der Waals surface area contributed by atoms with Crippen LogP contribution < -0.4 is 37.1 Å². The van der Waals surface area contributed by atoms with Crippen molar-refractivity contribution in [3.05, 3.63) is 84.2 Å². The molecule has 0 aliphatic carbocycles. The van der Waals surface area contributed by atoms with Crippen LogP contribution in [0.3, 0.4) is 0 Å². The molecule has 0 amide bonds. The first-order valence-corrected chi connectivity index (χ1v) is 14.3. The van der Waals surface area contributed by atoms with Crippen LogP contribution in [0.5, 0.6) is 0 Å². The van der Waals surface area contributed by atoms with Crippen molar-refractivity contribution in [2.45, 2.75) is 52.6 Å². The van der Waals surface area contributed by atoms with Crippen LogP contribution in [-0.2, 0) is 13.1 Å². The highest BCUT2D eigenvalue weighted by Gasteiger charge is 2.13. The van der Waals surface area contributed by atoms with Crippen LogP contribution in [0, 0.1) is 34.3 Å². The molecule has 2 N–H and O–H groups in total. The zero-order valence-corrected chi connectivity index (χ0v) is 22.7. The fourth-order valence-corrected chi connectivity index (χ4v) is 4.22. The minimum absolute atomic E-state index is 1.10. The second kappa shape index (κ2) is 14.6. The third kappa shape index (κ3) is 11.9. The van der Waals surface area contributed by atoms with Gasteiger partial charge in [0.1, 0.15) is 13.1 Å². The van der Waals surface area contributed by atoms with Gasteiger partial charge >= 0.3 is 0 Å². The summed E-state index contributed by atoms with van der Waals surface area (Å²) in [5, 5.41) is 2.66. The predicted molar refractivity (Wildman–Crippen MR) is 121 cm³/mol. The van der Waals surface area contributed by atoms with E-state index in [0.717, 1.165) is 13.1 Å². The Labute approximate surface area is 225 Å². The van der Waals surface area contributed by atoms with Gasteiger partial charge in [-0.3, -0.25) is 0 Å². The average Bonchev–Trinajstić information content (AvgIpc) is 2.81. The number of aromatic nitrogens is 2. The van der Waals surface area contributed by atoms with Gasteiger partial charge in [-0.15, -0.1) is 0 Å². The number of aryl methyl sites for hydroxylation is 4. The van der Waals surface area contributed by atoms with E-state index in [1.165, 1.54) is 58.9 Å². The summed E-state index contributed by atoms with van der Waals surface area (Å²) >= 11 is 0. The molecule has 0 radical (unpaired) electrons. The Morgan fingerprint density at radius 2 is 0.842 bits per heavy atom. The number of benzene rings is 2. The molecule has 38 heavy (non-hydrogen) atoms. The smallest absolute Gasteiger partial charge is 0.196 e. The maximum absolute atomic E-state index is 8.60. The molecule has 0 fully saturated rings. The highest BCUT2D eigenvalue weighted by Crippen LogP contribution is 2.13. The number of halogens is 2. The van der Waals surface area contributed by atoms with E-state index >= 15 is 0 Å². The Balaban J connectivity index is 0.000000435. The number of pyridine rings is 2. The van der Waals surface area contributed by atoms with Gasteiger partial charge in [0.05, 0.1) is 29.8 Å². The van der Waals surface area contributed by atoms with Gasteiger partial charge in [-0.1, -0.05) is 24.3 Å². The van der Waals surface area contributed by atoms with Crippen molar-refractivity contribution < 1.29 is 66.9 Å². The summed E-state index contributed by atoms with van der Waals surface area (Å²) < 4.78 is 70.4. The molecule has 0 atom stereocenters. The SMILES string of the molecule is Cc1ccc2ccccc2[n+]1CCCCCC[n+]1c(C)ccc2ccccc21.[O-][Cl+3]([O-])([O-])O.[O-][Cl+3]([O-])([O-])O. The predicted octanol–water partition coefficient (Wildman–Crippen LogP) is -2.80. The molecule has 0 saturated carbocycles. The third-order valence-corrected chi connectivity index (χ3v) is 5.83. The second-order valence-corrected chi connectivity index (χ2v) is 10.2. The van der Waals surface area contributed by atoms with Crippen LogP contribution in [0.15, 0.2) is 72.8 Å². The molecule has 2 heterocycles. The lowest BCUT2D eigenvalue weighted by atomic mass is 10.1. The number of nitrogens with zero attached hydrogens (tertiary/aromatic N) is 2. The molecule has 10 nitrogen and oxygen atoms in total. The van der Waals surface area contributed by atoms with Crippen LogP contribution in [-0.4, -0.2) is 9.32 Å². The normalized spacial score (nSPS) is 11.5. The van der Waals surface area contributed by atoms with Crippen molar-refractivity contribution in [3.8, 4) is 0 Å². The van der Waals surface area contributed by atoms with Crippen molar-refractivity contribution in [1.29, 1.82) is 0 Å². The molecule has 0 saturated heterocycles. The zero-order valence-electron chi connectivity index (χ0n) is 21.2. The van der Waals surface area contributed by atoms with E-state index < -0.39 is 20.5 Å². The van der Waals surface area contributed by atoms with Gasteiger partial charge in [0.2, 0.25) is 11.0 Å². The van der Waals surface area contributed by atoms with Crippen LogP contribution in [0.2, 0.25) is 0 Å². The Hall–Kier alpha value is -2.48. The number of hydrogen-bond donors (Lipinski definition) is 2. The van der Waals surface area contributed by atoms with E-state index in [0.29, 0.717) is 0 Å². The van der Waals surface area contributed by atoms with E-state index in [9.17, 15) is 0 Å².